The molecule has 1 unspecified atom stereocenters. The molecule has 0 nitrogen and oxygen atoms in total. The summed E-state index contributed by atoms with van der Waals surface area (Å²) in [6, 6.07) is 20.6. The topological polar surface area (TPSA) is 0 Å². The third-order valence-corrected chi connectivity index (χ3v) is 7.78. The first kappa shape index (κ1) is 26.8. The Morgan fingerprint density at radius 3 is 1.59 bits per heavy atom. The monoisotopic (exact) mass is 458 g/mol. The number of unbranched alkanes of at least 4 members (excludes halogenated alkanes) is 12. The minimum atomic E-state index is 0.836. The maximum absolute atomic E-state index is 2.44. The number of hydrogen-bond donors (Lipinski definition) is 0. The van der Waals surface area contributed by atoms with E-state index in [9.17, 15) is 0 Å². The van der Waals surface area contributed by atoms with Gasteiger partial charge in [-0.05, 0) is 51.6 Å². The Kier molecular flexibility index (Phi) is 12.6. The van der Waals surface area contributed by atoms with Crippen LogP contribution in [-0.2, 0) is 6.42 Å². The molecule has 34 heavy (non-hydrogen) atoms. The summed E-state index contributed by atoms with van der Waals surface area (Å²) >= 11 is 0. The van der Waals surface area contributed by atoms with Crippen molar-refractivity contribution >= 4 is 21.5 Å². The third kappa shape index (κ3) is 9.09. The van der Waals surface area contributed by atoms with Crippen molar-refractivity contribution in [1.82, 2.24) is 0 Å². The summed E-state index contributed by atoms with van der Waals surface area (Å²) in [7, 11) is 0. The minimum Gasteiger partial charge on any atom is -0.0654 e. The van der Waals surface area contributed by atoms with Gasteiger partial charge in [0.05, 0.1) is 0 Å². The molecule has 0 heteroatoms. The maximum Gasteiger partial charge on any atom is -0.0145 e. The van der Waals surface area contributed by atoms with Gasteiger partial charge in [-0.3, -0.25) is 0 Å². The fraction of sp³-hybridized carbons (Fsp3) is 0.588. The molecule has 3 rings (SSSR count). The number of fused-ring (bicyclic) bond motifs is 2. The van der Waals surface area contributed by atoms with Gasteiger partial charge in [0.2, 0.25) is 0 Å². The molecular weight excluding hydrogens is 408 g/mol. The SMILES string of the molecule is CCCCCCCCCCC(CCCCCCCC)Cc1cccc2cc3ccccc3cc12. The average Bonchev–Trinajstić information content (AvgIpc) is 2.86. The van der Waals surface area contributed by atoms with Crippen molar-refractivity contribution in [3.05, 3.63) is 60.2 Å². The number of hydrogen-bond acceptors (Lipinski definition) is 0. The second kappa shape index (κ2) is 16.0. The van der Waals surface area contributed by atoms with Crippen LogP contribution in [0.5, 0.6) is 0 Å². The van der Waals surface area contributed by atoms with Gasteiger partial charge in [0.1, 0.15) is 0 Å². The fourth-order valence-corrected chi connectivity index (χ4v) is 5.65. The van der Waals surface area contributed by atoms with Crippen molar-refractivity contribution in [2.24, 2.45) is 5.92 Å². The largest absolute Gasteiger partial charge is 0.0654 e. The van der Waals surface area contributed by atoms with Crippen LogP contribution in [0, 0.1) is 5.92 Å². The van der Waals surface area contributed by atoms with Crippen LogP contribution in [0.3, 0.4) is 0 Å². The zero-order valence-corrected chi connectivity index (χ0v) is 22.3. The van der Waals surface area contributed by atoms with Crippen LogP contribution in [-0.4, -0.2) is 0 Å². The molecule has 0 heterocycles. The molecule has 0 amide bonds. The highest BCUT2D eigenvalue weighted by Gasteiger charge is 2.12. The molecule has 0 N–H and O–H groups in total. The van der Waals surface area contributed by atoms with E-state index in [0.29, 0.717) is 0 Å². The standard InChI is InChI=1S/C34H50/c1-3-5-7-9-11-12-14-16-21-29(20-15-13-10-8-6-4-2)26-32-24-19-25-33-27-30-22-17-18-23-31(30)28-34(32)33/h17-19,22-25,27-29H,3-16,20-21,26H2,1-2H3. The smallest absolute Gasteiger partial charge is 0.0145 e. The lowest BCUT2D eigenvalue weighted by molar-refractivity contribution is 0.401. The molecule has 1 atom stereocenters. The van der Waals surface area contributed by atoms with Crippen LogP contribution in [0.2, 0.25) is 0 Å². The summed E-state index contributed by atoms with van der Waals surface area (Å²) < 4.78 is 0. The molecule has 0 bridgehead atoms. The Morgan fingerprint density at radius 2 is 1.00 bits per heavy atom. The average molecular weight is 459 g/mol. The van der Waals surface area contributed by atoms with Gasteiger partial charge in [0, 0.05) is 0 Å². The lowest BCUT2D eigenvalue weighted by atomic mass is 9.86. The third-order valence-electron chi connectivity index (χ3n) is 7.78. The predicted molar refractivity (Wildman–Crippen MR) is 154 cm³/mol. The molecule has 0 aliphatic rings. The Morgan fingerprint density at radius 1 is 0.500 bits per heavy atom. The van der Waals surface area contributed by atoms with Gasteiger partial charge < -0.3 is 0 Å². The van der Waals surface area contributed by atoms with E-state index in [1.807, 2.05) is 0 Å². The van der Waals surface area contributed by atoms with E-state index in [0.717, 1.165) is 5.92 Å². The normalized spacial score (nSPS) is 12.5. The lowest BCUT2D eigenvalue weighted by Crippen LogP contribution is -2.06. The first-order valence-electron chi connectivity index (χ1n) is 14.7. The summed E-state index contributed by atoms with van der Waals surface area (Å²) in [4.78, 5) is 0. The summed E-state index contributed by atoms with van der Waals surface area (Å²) in [5, 5.41) is 5.61. The predicted octanol–water partition coefficient (Wildman–Crippen LogP) is 11.4. The Hall–Kier alpha value is -1.82. The number of rotatable bonds is 18. The summed E-state index contributed by atoms with van der Waals surface area (Å²) in [6.45, 7) is 4.62. The molecule has 3 aromatic rings. The van der Waals surface area contributed by atoms with Crippen LogP contribution in [0.15, 0.2) is 54.6 Å². The van der Waals surface area contributed by atoms with Crippen LogP contribution < -0.4 is 0 Å². The van der Waals surface area contributed by atoms with E-state index in [1.165, 1.54) is 131 Å². The van der Waals surface area contributed by atoms with Crippen LogP contribution in [0.4, 0.5) is 0 Å². The Balaban J connectivity index is 1.59. The molecule has 0 aliphatic carbocycles. The first-order valence-corrected chi connectivity index (χ1v) is 14.7. The van der Waals surface area contributed by atoms with E-state index in [2.05, 4.69) is 68.4 Å². The highest BCUT2D eigenvalue weighted by Crippen LogP contribution is 2.30. The second-order valence-corrected chi connectivity index (χ2v) is 10.7. The highest BCUT2D eigenvalue weighted by molar-refractivity contribution is 5.99. The lowest BCUT2D eigenvalue weighted by Gasteiger charge is -2.19. The maximum atomic E-state index is 2.44. The molecule has 3 aromatic carbocycles. The quantitative estimate of drug-likeness (QED) is 0.131. The molecule has 0 radical (unpaired) electrons. The van der Waals surface area contributed by atoms with Gasteiger partial charge in [0.25, 0.3) is 0 Å². The molecule has 186 valence electrons. The molecule has 0 aliphatic heterocycles. The van der Waals surface area contributed by atoms with Gasteiger partial charge in [0.15, 0.2) is 0 Å². The fourth-order valence-electron chi connectivity index (χ4n) is 5.65. The van der Waals surface area contributed by atoms with Crippen LogP contribution in [0.25, 0.3) is 21.5 Å². The van der Waals surface area contributed by atoms with E-state index < -0.39 is 0 Å². The van der Waals surface area contributed by atoms with Gasteiger partial charge in [-0.25, -0.2) is 0 Å². The number of benzene rings is 3. The Bertz CT molecular complexity index is 937. The van der Waals surface area contributed by atoms with Crippen molar-refractivity contribution in [1.29, 1.82) is 0 Å². The van der Waals surface area contributed by atoms with E-state index in [1.54, 1.807) is 5.56 Å². The molecule has 0 aromatic heterocycles. The molecule has 0 saturated heterocycles. The van der Waals surface area contributed by atoms with Crippen molar-refractivity contribution in [3.8, 4) is 0 Å². The van der Waals surface area contributed by atoms with E-state index in [-0.39, 0.29) is 0 Å². The Labute approximate surface area is 210 Å². The summed E-state index contributed by atoms with van der Waals surface area (Å²) in [6.07, 6.45) is 23.9. The summed E-state index contributed by atoms with van der Waals surface area (Å²) in [5.41, 5.74) is 1.57. The van der Waals surface area contributed by atoms with Crippen molar-refractivity contribution in [3.63, 3.8) is 0 Å². The molecular formula is C34H50. The van der Waals surface area contributed by atoms with Crippen molar-refractivity contribution < 1.29 is 0 Å². The van der Waals surface area contributed by atoms with Gasteiger partial charge in [-0.15, -0.1) is 0 Å². The minimum absolute atomic E-state index is 0.836. The van der Waals surface area contributed by atoms with Gasteiger partial charge in [-0.1, -0.05) is 159 Å². The van der Waals surface area contributed by atoms with E-state index in [4.69, 9.17) is 0 Å². The molecule has 0 saturated carbocycles. The highest BCUT2D eigenvalue weighted by atomic mass is 14.2. The van der Waals surface area contributed by atoms with Crippen LogP contribution >= 0.6 is 0 Å². The second-order valence-electron chi connectivity index (χ2n) is 10.7. The molecule has 0 spiro atoms. The van der Waals surface area contributed by atoms with Crippen molar-refractivity contribution in [2.75, 3.05) is 0 Å². The van der Waals surface area contributed by atoms with Gasteiger partial charge in [-0.2, -0.15) is 0 Å². The van der Waals surface area contributed by atoms with Crippen molar-refractivity contribution in [2.45, 2.75) is 123 Å². The van der Waals surface area contributed by atoms with Gasteiger partial charge >= 0.3 is 0 Å². The molecule has 0 fully saturated rings. The zero-order valence-electron chi connectivity index (χ0n) is 22.3. The zero-order chi connectivity index (χ0) is 23.8. The first-order chi connectivity index (χ1) is 16.8. The summed E-state index contributed by atoms with van der Waals surface area (Å²) in [5.74, 6) is 0.836. The van der Waals surface area contributed by atoms with Crippen LogP contribution in [0.1, 0.15) is 122 Å². The van der Waals surface area contributed by atoms with E-state index >= 15 is 0 Å².